The van der Waals surface area contributed by atoms with E-state index in [1.54, 1.807) is 4.90 Å². The highest BCUT2D eigenvalue weighted by Gasteiger charge is 2.30. The standard InChI is InChI=1S/C16H23N3O5S/c1-16(2,3)24-15(20)18-9-5-6-12(10-18)11-25(23)14-13(19(21)22)7-4-8-17-14/h4,7-8,12H,5-6,9-11H2,1-3H3/t12-,25-/m1/s1. The average molecular weight is 369 g/mol. The van der Waals surface area contributed by atoms with Crippen LogP contribution in [0.25, 0.3) is 0 Å². The van der Waals surface area contributed by atoms with Crippen LogP contribution < -0.4 is 0 Å². The number of pyridine rings is 1. The number of ether oxygens (including phenoxy) is 1. The van der Waals surface area contributed by atoms with E-state index in [0.717, 1.165) is 12.8 Å². The smallest absolute Gasteiger partial charge is 0.410 e. The van der Waals surface area contributed by atoms with Crippen molar-refractivity contribution >= 4 is 22.6 Å². The summed E-state index contributed by atoms with van der Waals surface area (Å²) in [6, 6.07) is 2.75. The predicted molar refractivity (Wildman–Crippen MR) is 92.7 cm³/mol. The Balaban J connectivity index is 2.02. The van der Waals surface area contributed by atoms with Gasteiger partial charge in [-0.25, -0.2) is 9.78 Å². The molecule has 0 bridgehead atoms. The minimum absolute atomic E-state index is 0.0105. The number of likely N-dealkylation sites (tertiary alicyclic amines) is 1. The first-order valence-electron chi connectivity index (χ1n) is 8.13. The van der Waals surface area contributed by atoms with E-state index < -0.39 is 21.3 Å². The highest BCUT2D eigenvalue weighted by Crippen LogP contribution is 2.24. The highest BCUT2D eigenvalue weighted by molar-refractivity contribution is 7.85. The minimum Gasteiger partial charge on any atom is -0.444 e. The van der Waals surface area contributed by atoms with Crippen LogP contribution in [0.3, 0.4) is 0 Å². The topological polar surface area (TPSA) is 103 Å². The Labute approximate surface area is 149 Å². The van der Waals surface area contributed by atoms with Crippen LogP contribution in [-0.4, -0.2) is 49.6 Å². The molecule has 1 amide bonds. The Morgan fingerprint density at radius 2 is 2.24 bits per heavy atom. The van der Waals surface area contributed by atoms with Crippen LogP contribution in [0.4, 0.5) is 10.5 Å². The summed E-state index contributed by atoms with van der Waals surface area (Å²) in [7, 11) is -1.59. The molecule has 2 heterocycles. The lowest BCUT2D eigenvalue weighted by atomic mass is 10.0. The van der Waals surface area contributed by atoms with Crippen LogP contribution in [0.2, 0.25) is 0 Å². The van der Waals surface area contributed by atoms with Gasteiger partial charge in [-0.05, 0) is 45.6 Å². The maximum atomic E-state index is 12.6. The molecule has 0 saturated carbocycles. The monoisotopic (exact) mass is 369 g/mol. The Morgan fingerprint density at radius 1 is 1.52 bits per heavy atom. The maximum Gasteiger partial charge on any atom is 0.410 e. The fourth-order valence-electron chi connectivity index (χ4n) is 2.68. The normalized spacial score (nSPS) is 19.3. The third kappa shape index (κ3) is 5.48. The Hall–Kier alpha value is -2.03. The van der Waals surface area contributed by atoms with E-state index in [2.05, 4.69) is 4.98 Å². The van der Waals surface area contributed by atoms with Crippen LogP contribution in [-0.2, 0) is 15.5 Å². The molecule has 2 atom stereocenters. The number of hydrogen-bond donors (Lipinski definition) is 0. The number of rotatable bonds is 4. The maximum absolute atomic E-state index is 12.6. The average Bonchev–Trinajstić information content (AvgIpc) is 2.53. The zero-order chi connectivity index (χ0) is 18.6. The summed E-state index contributed by atoms with van der Waals surface area (Å²) in [6.45, 7) is 6.45. The largest absolute Gasteiger partial charge is 0.444 e. The van der Waals surface area contributed by atoms with Gasteiger partial charge >= 0.3 is 11.8 Å². The van der Waals surface area contributed by atoms with Crippen LogP contribution in [0.5, 0.6) is 0 Å². The summed E-state index contributed by atoms with van der Waals surface area (Å²) in [5.74, 6) is 0.223. The Kier molecular flexibility index (Phi) is 6.10. The molecule has 9 heteroatoms. The first kappa shape index (κ1) is 19.3. The molecular formula is C16H23N3O5S. The molecule has 1 aliphatic heterocycles. The van der Waals surface area contributed by atoms with Gasteiger partial charge in [0.25, 0.3) is 0 Å². The van der Waals surface area contributed by atoms with Crippen molar-refractivity contribution in [2.75, 3.05) is 18.8 Å². The summed E-state index contributed by atoms with van der Waals surface area (Å²) in [5.41, 5.74) is -0.804. The van der Waals surface area contributed by atoms with Crippen molar-refractivity contribution < 1.29 is 18.7 Å². The summed E-state index contributed by atoms with van der Waals surface area (Å²) in [6.07, 6.45) is 2.61. The molecular weight excluding hydrogens is 346 g/mol. The molecule has 2 rings (SSSR count). The van der Waals surface area contributed by atoms with Gasteiger partial charge in [0.15, 0.2) is 0 Å². The molecule has 0 aromatic carbocycles. The molecule has 138 valence electrons. The Bertz CT molecular complexity index is 674. The molecule has 25 heavy (non-hydrogen) atoms. The molecule has 0 N–H and O–H groups in total. The summed E-state index contributed by atoms with van der Waals surface area (Å²) in [5, 5.41) is 11.0. The summed E-state index contributed by atoms with van der Waals surface area (Å²) in [4.78, 5) is 28.2. The van der Waals surface area contributed by atoms with Crippen LogP contribution in [0.1, 0.15) is 33.6 Å². The lowest BCUT2D eigenvalue weighted by molar-refractivity contribution is -0.388. The van der Waals surface area contributed by atoms with E-state index in [4.69, 9.17) is 4.74 Å². The second kappa shape index (κ2) is 7.90. The van der Waals surface area contributed by atoms with Gasteiger partial charge in [0.1, 0.15) is 5.60 Å². The number of amides is 1. The van der Waals surface area contributed by atoms with Crippen molar-refractivity contribution in [3.8, 4) is 0 Å². The molecule has 8 nitrogen and oxygen atoms in total. The van der Waals surface area contributed by atoms with Crippen LogP contribution in [0, 0.1) is 16.0 Å². The summed E-state index contributed by atoms with van der Waals surface area (Å²) < 4.78 is 17.9. The number of nitrogens with zero attached hydrogens (tertiary/aromatic N) is 3. The fourth-order valence-corrected chi connectivity index (χ4v) is 4.10. The quantitative estimate of drug-likeness (QED) is 0.597. The molecule has 0 aliphatic carbocycles. The lowest BCUT2D eigenvalue weighted by Crippen LogP contribution is -2.44. The zero-order valence-corrected chi connectivity index (χ0v) is 15.5. The third-order valence-corrected chi connectivity index (χ3v) is 5.24. The first-order chi connectivity index (χ1) is 11.7. The van der Waals surface area contributed by atoms with E-state index in [-0.39, 0.29) is 28.5 Å². The lowest BCUT2D eigenvalue weighted by Gasteiger charge is -2.33. The first-order valence-corrected chi connectivity index (χ1v) is 9.45. The van der Waals surface area contributed by atoms with Gasteiger partial charge in [-0.2, -0.15) is 0 Å². The zero-order valence-electron chi connectivity index (χ0n) is 14.6. The third-order valence-electron chi connectivity index (χ3n) is 3.72. The van der Waals surface area contributed by atoms with E-state index in [0.29, 0.717) is 13.1 Å². The van der Waals surface area contributed by atoms with E-state index in [1.165, 1.54) is 18.3 Å². The number of nitro groups is 1. The molecule has 1 fully saturated rings. The number of aromatic nitrogens is 1. The minimum atomic E-state index is -1.59. The van der Waals surface area contributed by atoms with Gasteiger partial charge in [-0.1, -0.05) is 0 Å². The predicted octanol–water partition coefficient (Wildman–Crippen LogP) is 2.74. The van der Waals surface area contributed by atoms with Crippen molar-refractivity contribution in [2.24, 2.45) is 5.92 Å². The van der Waals surface area contributed by atoms with Gasteiger partial charge in [0.2, 0.25) is 5.03 Å². The molecule has 1 saturated heterocycles. The molecule has 1 aromatic rings. The molecule has 0 radical (unpaired) electrons. The molecule has 1 aliphatic rings. The molecule has 0 spiro atoms. The fraction of sp³-hybridized carbons (Fsp3) is 0.625. The second-order valence-corrected chi connectivity index (χ2v) is 8.44. The van der Waals surface area contributed by atoms with E-state index in [1.807, 2.05) is 20.8 Å². The van der Waals surface area contributed by atoms with Gasteiger partial charge in [0, 0.05) is 31.1 Å². The van der Waals surface area contributed by atoms with E-state index >= 15 is 0 Å². The molecule has 1 aromatic heterocycles. The van der Waals surface area contributed by atoms with Gasteiger partial charge in [-0.3, -0.25) is 14.3 Å². The number of carbonyl (C=O) groups excluding carboxylic acids is 1. The molecule has 0 unspecified atom stereocenters. The number of piperidine rings is 1. The van der Waals surface area contributed by atoms with Crippen molar-refractivity contribution in [3.63, 3.8) is 0 Å². The van der Waals surface area contributed by atoms with Crippen molar-refractivity contribution in [1.82, 2.24) is 9.88 Å². The van der Waals surface area contributed by atoms with E-state index in [9.17, 15) is 19.1 Å². The number of hydrogen-bond acceptors (Lipinski definition) is 6. The Morgan fingerprint density at radius 3 is 2.88 bits per heavy atom. The van der Waals surface area contributed by atoms with Gasteiger partial charge in [-0.15, -0.1) is 0 Å². The van der Waals surface area contributed by atoms with Crippen molar-refractivity contribution in [3.05, 3.63) is 28.4 Å². The SMILES string of the molecule is CC(C)(C)OC(=O)N1CCC[C@@H](C[S@@](=O)c2ncccc2[N+](=O)[O-])C1. The number of carbonyl (C=O) groups is 1. The van der Waals surface area contributed by atoms with Crippen LogP contribution in [0.15, 0.2) is 23.4 Å². The van der Waals surface area contributed by atoms with Crippen LogP contribution >= 0.6 is 0 Å². The van der Waals surface area contributed by atoms with Crippen molar-refractivity contribution in [1.29, 1.82) is 0 Å². The van der Waals surface area contributed by atoms with Crippen molar-refractivity contribution in [2.45, 2.75) is 44.2 Å². The summed E-state index contributed by atoms with van der Waals surface area (Å²) >= 11 is 0. The highest BCUT2D eigenvalue weighted by atomic mass is 32.2. The van der Waals surface area contributed by atoms with Gasteiger partial charge in [0.05, 0.1) is 15.7 Å². The van der Waals surface area contributed by atoms with Gasteiger partial charge < -0.3 is 9.64 Å². The second-order valence-electron chi connectivity index (χ2n) is 7.03.